The molecule has 0 N–H and O–H groups in total. The van der Waals surface area contributed by atoms with E-state index in [1.54, 1.807) is 22.0 Å². The summed E-state index contributed by atoms with van der Waals surface area (Å²) in [5.74, 6) is -0.107. The smallest absolute Gasteiger partial charge is 0.256 e. The molecule has 2 aromatic rings. The molecule has 1 aromatic heterocycles. The molecule has 1 aliphatic rings. The molecule has 178 valence electrons. The Kier molecular flexibility index (Phi) is 9.25. The maximum absolute atomic E-state index is 13.7. The van der Waals surface area contributed by atoms with Gasteiger partial charge < -0.3 is 9.64 Å². The van der Waals surface area contributed by atoms with Crippen molar-refractivity contribution in [3.05, 3.63) is 52.9 Å². The minimum atomic E-state index is -0.410. The standard InChI is InChI=1S/C23H28ClFIN5O2/c1-4-20(16(9-10-26)14-33-22-8-6-18(25)13-27-22)30(3)23(32)19-11-17(24)5-7-21(19)31-15(2)12-28-29-31/h5-8,11,13,15-16,20H,4,9-10,12,14H2,1-3H3/t15?,16-,20?/m1/s1. The second-order valence-electron chi connectivity index (χ2n) is 8.02. The predicted octanol–water partition coefficient (Wildman–Crippen LogP) is 5.82. The number of carbonyl (C=O) groups is 1. The summed E-state index contributed by atoms with van der Waals surface area (Å²) in [5.41, 5.74) is 1.18. The van der Waals surface area contributed by atoms with E-state index in [-0.39, 0.29) is 23.9 Å². The van der Waals surface area contributed by atoms with Gasteiger partial charge in [0.25, 0.3) is 5.91 Å². The molecule has 10 heteroatoms. The average molecular weight is 588 g/mol. The lowest BCUT2D eigenvalue weighted by atomic mass is 9.93. The predicted molar refractivity (Wildman–Crippen MR) is 136 cm³/mol. The molecule has 2 unspecified atom stereocenters. The van der Waals surface area contributed by atoms with Crippen LogP contribution >= 0.6 is 34.2 Å². The van der Waals surface area contributed by atoms with Crippen LogP contribution in [-0.2, 0) is 0 Å². The maximum Gasteiger partial charge on any atom is 0.256 e. The fraction of sp³-hybridized carbons (Fsp3) is 0.478. The molecule has 0 fully saturated rings. The Morgan fingerprint density at radius 3 is 2.79 bits per heavy atom. The molecule has 1 aromatic carbocycles. The minimum absolute atomic E-state index is 0.0633. The molecule has 0 radical (unpaired) electrons. The highest BCUT2D eigenvalue weighted by Gasteiger charge is 2.31. The number of aromatic nitrogens is 1. The van der Waals surface area contributed by atoms with Gasteiger partial charge >= 0.3 is 0 Å². The number of rotatable bonds is 10. The van der Waals surface area contributed by atoms with E-state index in [4.69, 9.17) is 16.3 Å². The Balaban J connectivity index is 1.82. The summed E-state index contributed by atoms with van der Waals surface area (Å²) >= 11 is 8.59. The lowest BCUT2D eigenvalue weighted by Crippen LogP contribution is -2.44. The summed E-state index contributed by atoms with van der Waals surface area (Å²) in [6.07, 6.45) is 2.74. The summed E-state index contributed by atoms with van der Waals surface area (Å²) < 4.78 is 19.9. The number of anilines is 1. The molecule has 0 aliphatic carbocycles. The SMILES string of the molecule is CCC([C@H](CCI)COc1ccc(F)cn1)N(C)C(=O)c1cc(Cl)ccc1N1N=NCC1C. The molecule has 33 heavy (non-hydrogen) atoms. The van der Waals surface area contributed by atoms with Crippen molar-refractivity contribution < 1.29 is 13.9 Å². The quantitative estimate of drug-likeness (QED) is 0.259. The fourth-order valence-electron chi connectivity index (χ4n) is 3.98. The van der Waals surface area contributed by atoms with Crippen LogP contribution in [0.1, 0.15) is 37.0 Å². The van der Waals surface area contributed by atoms with E-state index >= 15 is 0 Å². The van der Waals surface area contributed by atoms with Crippen LogP contribution in [0.15, 0.2) is 46.9 Å². The van der Waals surface area contributed by atoms with Crippen LogP contribution in [-0.4, -0.2) is 52.5 Å². The van der Waals surface area contributed by atoms with Crippen molar-refractivity contribution in [3.63, 3.8) is 0 Å². The molecule has 0 saturated carbocycles. The Morgan fingerprint density at radius 1 is 1.39 bits per heavy atom. The topological polar surface area (TPSA) is 70.4 Å². The fourth-order valence-corrected chi connectivity index (χ4v) is 4.96. The third kappa shape index (κ3) is 6.32. The third-order valence-corrected chi connectivity index (χ3v) is 6.62. The molecule has 0 saturated heterocycles. The molecule has 0 bridgehead atoms. The lowest BCUT2D eigenvalue weighted by molar-refractivity contribution is 0.0614. The van der Waals surface area contributed by atoms with Gasteiger partial charge in [0.15, 0.2) is 0 Å². The number of carbonyl (C=O) groups excluding carboxylic acids is 1. The van der Waals surface area contributed by atoms with E-state index in [2.05, 4.69) is 44.8 Å². The number of ether oxygens (including phenoxy) is 1. The average Bonchev–Trinajstić information content (AvgIpc) is 3.23. The third-order valence-electron chi connectivity index (χ3n) is 5.76. The summed E-state index contributed by atoms with van der Waals surface area (Å²) in [6, 6.07) is 8.08. The number of benzene rings is 1. The highest BCUT2D eigenvalue weighted by atomic mass is 127. The molecule has 1 amide bonds. The summed E-state index contributed by atoms with van der Waals surface area (Å²) in [5, 5.41) is 10.6. The lowest BCUT2D eigenvalue weighted by Gasteiger charge is -2.34. The van der Waals surface area contributed by atoms with Crippen molar-refractivity contribution in [2.75, 3.05) is 29.6 Å². The van der Waals surface area contributed by atoms with Gasteiger partial charge in [0.05, 0.1) is 36.6 Å². The van der Waals surface area contributed by atoms with E-state index in [0.29, 0.717) is 35.3 Å². The van der Waals surface area contributed by atoms with Gasteiger partial charge in [-0.25, -0.2) is 14.4 Å². The Bertz CT molecular complexity index is 978. The van der Waals surface area contributed by atoms with Gasteiger partial charge in [-0.2, -0.15) is 5.11 Å². The summed E-state index contributed by atoms with van der Waals surface area (Å²) in [6.45, 7) is 5.02. The molecule has 3 rings (SSSR count). The zero-order valence-corrected chi connectivity index (χ0v) is 21.8. The van der Waals surface area contributed by atoms with Crippen LogP contribution in [0.4, 0.5) is 10.1 Å². The van der Waals surface area contributed by atoms with E-state index < -0.39 is 5.82 Å². The van der Waals surface area contributed by atoms with Crippen LogP contribution in [0, 0.1) is 11.7 Å². The van der Waals surface area contributed by atoms with Gasteiger partial charge in [0.2, 0.25) is 5.88 Å². The maximum atomic E-state index is 13.7. The van der Waals surface area contributed by atoms with E-state index in [1.807, 2.05) is 20.0 Å². The monoisotopic (exact) mass is 587 g/mol. The minimum Gasteiger partial charge on any atom is -0.477 e. The number of halogens is 3. The van der Waals surface area contributed by atoms with Gasteiger partial charge in [-0.3, -0.25) is 4.79 Å². The van der Waals surface area contributed by atoms with Gasteiger partial charge in [0, 0.05) is 30.1 Å². The zero-order chi connectivity index (χ0) is 24.0. The van der Waals surface area contributed by atoms with Gasteiger partial charge in [-0.1, -0.05) is 46.3 Å². The first-order valence-electron chi connectivity index (χ1n) is 10.9. The van der Waals surface area contributed by atoms with Crippen LogP contribution in [0.5, 0.6) is 5.88 Å². The first kappa shape index (κ1) is 25.6. The van der Waals surface area contributed by atoms with Gasteiger partial charge in [0.1, 0.15) is 5.82 Å². The molecule has 2 heterocycles. The van der Waals surface area contributed by atoms with Crippen molar-refractivity contribution in [3.8, 4) is 5.88 Å². The van der Waals surface area contributed by atoms with Crippen LogP contribution in [0.3, 0.4) is 0 Å². The van der Waals surface area contributed by atoms with E-state index in [1.165, 1.54) is 12.1 Å². The van der Waals surface area contributed by atoms with E-state index in [9.17, 15) is 9.18 Å². The second-order valence-corrected chi connectivity index (χ2v) is 9.54. The summed E-state index contributed by atoms with van der Waals surface area (Å²) in [7, 11) is 1.81. The van der Waals surface area contributed by atoms with Crippen LogP contribution in [0.25, 0.3) is 0 Å². The zero-order valence-electron chi connectivity index (χ0n) is 18.9. The molecule has 1 aliphatic heterocycles. The number of pyridine rings is 1. The number of nitrogens with zero attached hydrogens (tertiary/aromatic N) is 5. The van der Waals surface area contributed by atoms with Crippen molar-refractivity contribution in [2.45, 2.75) is 38.8 Å². The van der Waals surface area contributed by atoms with E-state index in [0.717, 1.165) is 23.5 Å². The van der Waals surface area contributed by atoms with Crippen molar-refractivity contribution in [1.29, 1.82) is 0 Å². The molecular weight excluding hydrogens is 560 g/mol. The normalized spacial score (nSPS) is 17.2. The highest BCUT2D eigenvalue weighted by molar-refractivity contribution is 14.1. The van der Waals surface area contributed by atoms with Gasteiger partial charge in [-0.05, 0) is 48.5 Å². The summed E-state index contributed by atoms with van der Waals surface area (Å²) in [4.78, 5) is 19.4. The van der Waals surface area contributed by atoms with Crippen LogP contribution in [0.2, 0.25) is 5.02 Å². The number of hydrogen-bond acceptors (Lipinski definition) is 6. The molecule has 0 spiro atoms. The Morgan fingerprint density at radius 2 is 2.18 bits per heavy atom. The van der Waals surface area contributed by atoms with Crippen molar-refractivity contribution in [2.24, 2.45) is 16.3 Å². The van der Waals surface area contributed by atoms with Crippen molar-refractivity contribution >= 4 is 45.8 Å². The first-order chi connectivity index (χ1) is 15.8. The Labute approximate surface area is 212 Å². The van der Waals surface area contributed by atoms with Gasteiger partial charge in [-0.15, -0.1) is 0 Å². The Hall–Kier alpha value is -2.01. The first-order valence-corrected chi connectivity index (χ1v) is 12.8. The molecule has 7 nitrogen and oxygen atoms in total. The number of alkyl halides is 1. The number of hydrogen-bond donors (Lipinski definition) is 0. The molecule has 3 atom stereocenters. The van der Waals surface area contributed by atoms with Crippen molar-refractivity contribution in [1.82, 2.24) is 9.88 Å². The number of amides is 1. The largest absolute Gasteiger partial charge is 0.477 e. The van der Waals surface area contributed by atoms with Crippen LogP contribution < -0.4 is 9.75 Å². The molecular formula is C23H28ClFIN5O2. The second kappa shape index (κ2) is 11.9. The highest BCUT2D eigenvalue weighted by Crippen LogP contribution is 2.31.